The van der Waals surface area contributed by atoms with E-state index >= 15 is 4.39 Å². The number of nitrogens with zero attached hydrogens (tertiary/aromatic N) is 4. The maximum Gasteiger partial charge on any atom is 0.384 e. The van der Waals surface area contributed by atoms with Crippen LogP contribution in [0.5, 0.6) is 0 Å². The number of alkyl halides is 1. The van der Waals surface area contributed by atoms with Crippen molar-refractivity contribution in [3.63, 3.8) is 0 Å². The highest BCUT2D eigenvalue weighted by atomic mass is 19.2. The second-order valence-electron chi connectivity index (χ2n) is 10.5. The van der Waals surface area contributed by atoms with Crippen molar-refractivity contribution < 1.29 is 33.6 Å². The molecule has 1 saturated carbocycles. The molecule has 1 aromatic carbocycles. The number of benzene rings is 1. The molecule has 3 heterocycles. The average molecular weight is 597 g/mol. The standard InChI is InChI=1S/C29H32F2N4O5.C3H6/c1-5-7-8-22(6-2)35-25(11-14-32-35)27-19(3)26(40-29(37,38)28(4,31)36)18-34(33-27)24-10-9-21(17-23(24)30)20-12-15-39-16-13-20;1-2-3-1/h5-11,14,17-18,20,36-38H,2-3,12-13,15-16H2,1,4H3;1-3H2/b7-5-,22-8+;. The zero-order chi connectivity index (χ0) is 31.2. The molecule has 2 aliphatic heterocycles. The molecule has 9 nitrogen and oxygen atoms in total. The Kier molecular flexibility index (Phi) is 10.1. The summed E-state index contributed by atoms with van der Waals surface area (Å²) >= 11 is 0. The van der Waals surface area contributed by atoms with Crippen molar-refractivity contribution in [1.29, 1.82) is 0 Å². The van der Waals surface area contributed by atoms with Gasteiger partial charge in [0.15, 0.2) is 5.76 Å². The smallest absolute Gasteiger partial charge is 0.384 e. The Hall–Kier alpha value is -3.90. The van der Waals surface area contributed by atoms with Crippen molar-refractivity contribution in [2.45, 2.75) is 63.7 Å². The van der Waals surface area contributed by atoms with E-state index in [0.717, 1.165) is 29.6 Å². The van der Waals surface area contributed by atoms with Crippen LogP contribution in [0, 0.1) is 5.82 Å². The van der Waals surface area contributed by atoms with Crippen LogP contribution in [0.2, 0.25) is 0 Å². The minimum atomic E-state index is -3.67. The first-order chi connectivity index (χ1) is 20.5. The molecule has 1 aliphatic carbocycles. The lowest BCUT2D eigenvalue weighted by atomic mass is 9.91. The van der Waals surface area contributed by atoms with Crippen molar-refractivity contribution in [3.05, 3.63) is 103 Å². The topological polar surface area (TPSA) is 113 Å². The number of anilines is 1. The second kappa shape index (κ2) is 13.6. The van der Waals surface area contributed by atoms with Crippen molar-refractivity contribution in [2.75, 3.05) is 18.2 Å². The Bertz CT molecular complexity index is 1440. The molecule has 43 heavy (non-hydrogen) atoms. The molecule has 3 aliphatic rings. The molecule has 0 amide bonds. The lowest BCUT2D eigenvalue weighted by Crippen LogP contribution is -2.51. The van der Waals surface area contributed by atoms with Crippen LogP contribution in [0.15, 0.2) is 90.6 Å². The SMILES string of the molecule is C1CC1.C=C/C(=C\C=C/C)n1nccc1C1=NN(c2ccc(C3CCOCC3)cc2F)C=C(OC(O)(O)C(C)(O)F)C1=C. The van der Waals surface area contributed by atoms with E-state index in [2.05, 4.69) is 23.4 Å². The van der Waals surface area contributed by atoms with Crippen LogP contribution in [0.1, 0.15) is 63.1 Å². The molecule has 1 atom stereocenters. The van der Waals surface area contributed by atoms with Gasteiger partial charge in [0.25, 0.3) is 5.85 Å². The van der Waals surface area contributed by atoms with Crippen molar-refractivity contribution in [2.24, 2.45) is 5.10 Å². The van der Waals surface area contributed by atoms with Gasteiger partial charge in [0.05, 0.1) is 23.8 Å². The van der Waals surface area contributed by atoms with E-state index in [1.165, 1.54) is 36.2 Å². The van der Waals surface area contributed by atoms with E-state index in [4.69, 9.17) is 9.47 Å². The number of aromatic nitrogens is 2. The normalized spacial score (nSPS) is 19.3. The van der Waals surface area contributed by atoms with Gasteiger partial charge >= 0.3 is 5.97 Å². The zero-order valence-electron chi connectivity index (χ0n) is 24.4. The molecule has 3 N–H and O–H groups in total. The molecule has 0 bridgehead atoms. The van der Waals surface area contributed by atoms with Gasteiger partial charge < -0.3 is 24.8 Å². The van der Waals surface area contributed by atoms with Gasteiger partial charge in [-0.1, -0.05) is 50.6 Å². The van der Waals surface area contributed by atoms with Crippen LogP contribution in [-0.2, 0) is 9.47 Å². The van der Waals surface area contributed by atoms with E-state index < -0.39 is 17.6 Å². The van der Waals surface area contributed by atoms with E-state index in [9.17, 15) is 19.7 Å². The highest BCUT2D eigenvalue weighted by molar-refractivity contribution is 6.15. The Morgan fingerprint density at radius 1 is 1.16 bits per heavy atom. The number of ether oxygens (including phenoxy) is 2. The number of aliphatic hydroxyl groups is 3. The van der Waals surface area contributed by atoms with Gasteiger partial charge in [0, 0.05) is 25.7 Å². The molecule has 0 radical (unpaired) electrons. The van der Waals surface area contributed by atoms with Crippen LogP contribution >= 0.6 is 0 Å². The fourth-order valence-electron chi connectivity index (χ4n) is 4.27. The summed E-state index contributed by atoms with van der Waals surface area (Å²) in [4.78, 5) is 0. The van der Waals surface area contributed by atoms with Gasteiger partial charge in [-0.3, -0.25) is 0 Å². The van der Waals surface area contributed by atoms with E-state index in [-0.39, 0.29) is 28.6 Å². The molecule has 230 valence electrons. The Balaban J connectivity index is 0.00000133. The summed E-state index contributed by atoms with van der Waals surface area (Å²) in [6.07, 6.45) is 15.6. The van der Waals surface area contributed by atoms with E-state index in [0.29, 0.717) is 31.5 Å². The Morgan fingerprint density at radius 2 is 1.86 bits per heavy atom. The minimum Gasteiger partial charge on any atom is -0.433 e. The monoisotopic (exact) mass is 596 g/mol. The molecule has 1 saturated heterocycles. The van der Waals surface area contributed by atoms with Gasteiger partial charge in [0.1, 0.15) is 17.2 Å². The van der Waals surface area contributed by atoms with Crippen LogP contribution < -0.4 is 5.01 Å². The molecule has 2 fully saturated rings. The van der Waals surface area contributed by atoms with Crippen LogP contribution in [0.3, 0.4) is 0 Å². The van der Waals surface area contributed by atoms with Gasteiger partial charge in [-0.05, 0) is 61.6 Å². The summed E-state index contributed by atoms with van der Waals surface area (Å²) in [5.74, 6) is -8.07. The molecule has 2 aromatic rings. The first-order valence-corrected chi connectivity index (χ1v) is 14.2. The number of allylic oxidation sites excluding steroid dienone is 6. The summed E-state index contributed by atoms with van der Waals surface area (Å²) in [6.45, 7) is 11.3. The van der Waals surface area contributed by atoms with Gasteiger partial charge in [-0.2, -0.15) is 10.2 Å². The lowest BCUT2D eigenvalue weighted by Gasteiger charge is -2.33. The molecular weight excluding hydrogens is 558 g/mol. The van der Waals surface area contributed by atoms with Crippen LogP contribution in [0.25, 0.3) is 5.70 Å². The fraction of sp³-hybridized carbons (Fsp3) is 0.375. The Morgan fingerprint density at radius 3 is 2.44 bits per heavy atom. The minimum absolute atomic E-state index is 0.00913. The van der Waals surface area contributed by atoms with E-state index in [1.54, 1.807) is 36.4 Å². The summed E-state index contributed by atoms with van der Waals surface area (Å²) < 4.78 is 41.7. The molecule has 1 aromatic heterocycles. The van der Waals surface area contributed by atoms with Crippen molar-refractivity contribution in [3.8, 4) is 0 Å². The molecule has 5 rings (SSSR count). The summed E-state index contributed by atoms with van der Waals surface area (Å²) in [5.41, 5.74) is 1.85. The molecule has 1 unspecified atom stereocenters. The number of hydrazone groups is 1. The summed E-state index contributed by atoms with van der Waals surface area (Å²) in [6, 6.07) is 6.36. The quantitative estimate of drug-likeness (QED) is 0.254. The van der Waals surface area contributed by atoms with Crippen LogP contribution in [-0.4, -0.2) is 55.9 Å². The number of halogens is 2. The molecule has 0 spiro atoms. The molecule has 11 heteroatoms. The maximum atomic E-state index is 15.5. The highest BCUT2D eigenvalue weighted by Crippen LogP contribution is 2.35. The Labute approximate surface area is 250 Å². The number of rotatable bonds is 9. The summed E-state index contributed by atoms with van der Waals surface area (Å²) in [7, 11) is 0. The third-order valence-corrected chi connectivity index (χ3v) is 6.94. The zero-order valence-corrected chi connectivity index (χ0v) is 24.4. The first-order valence-electron chi connectivity index (χ1n) is 14.2. The lowest BCUT2D eigenvalue weighted by molar-refractivity contribution is -0.423. The maximum absolute atomic E-state index is 15.5. The number of hydrogen-bond acceptors (Lipinski definition) is 8. The average Bonchev–Trinajstić information content (AvgIpc) is 3.79. The first kappa shape index (κ1) is 32.0. The highest BCUT2D eigenvalue weighted by Gasteiger charge is 2.50. The van der Waals surface area contributed by atoms with E-state index in [1.807, 2.05) is 13.0 Å². The third kappa shape index (κ3) is 7.74. The van der Waals surface area contributed by atoms with Gasteiger partial charge in [-0.25, -0.2) is 18.5 Å². The van der Waals surface area contributed by atoms with Gasteiger partial charge in [-0.15, -0.1) is 0 Å². The van der Waals surface area contributed by atoms with Crippen LogP contribution in [0.4, 0.5) is 14.5 Å². The second-order valence-corrected chi connectivity index (χ2v) is 10.5. The predicted octanol–water partition coefficient (Wildman–Crippen LogP) is 5.64. The fourth-order valence-corrected chi connectivity index (χ4v) is 4.27. The van der Waals surface area contributed by atoms with Gasteiger partial charge in [0.2, 0.25) is 0 Å². The predicted molar refractivity (Wildman–Crippen MR) is 161 cm³/mol. The van der Waals surface area contributed by atoms with Crippen molar-refractivity contribution in [1.82, 2.24) is 9.78 Å². The number of hydrogen-bond donors (Lipinski definition) is 3. The van der Waals surface area contributed by atoms with Crippen molar-refractivity contribution >= 4 is 17.1 Å². The largest absolute Gasteiger partial charge is 0.433 e. The molecular formula is C32H38F2N4O5. The third-order valence-electron chi connectivity index (χ3n) is 6.94. The summed E-state index contributed by atoms with van der Waals surface area (Å²) in [5, 5.41) is 39.9.